The molecule has 0 saturated carbocycles. The van der Waals surface area contributed by atoms with Crippen molar-refractivity contribution < 1.29 is 60.0 Å². The van der Waals surface area contributed by atoms with Gasteiger partial charge in [0.1, 0.15) is 0 Å². The maximum absolute atomic E-state index is 10.0. The fourth-order valence-corrected chi connectivity index (χ4v) is 3.67. The molecule has 0 aromatic rings. The fraction of sp³-hybridized carbons (Fsp3) is 0.862. The van der Waals surface area contributed by atoms with Gasteiger partial charge in [-0.15, -0.1) is 0 Å². The Balaban J connectivity index is 0.000000538. The smallest absolute Gasteiger partial charge is 0.304 e. The normalized spacial score (nSPS) is 28.1. The molecule has 0 aliphatic carbocycles. The van der Waals surface area contributed by atoms with Crippen LogP contribution >= 0.6 is 0 Å². The summed E-state index contributed by atoms with van der Waals surface area (Å²) in [5, 5.41) is 67.0. The number of aliphatic hydroxyl groups is 4. The van der Waals surface area contributed by atoms with E-state index < -0.39 is 55.7 Å². The molecule has 16 heteroatoms. The molecule has 4 rings (SSSR count). The number of hydrogen-bond acceptors (Lipinski definition) is 12. The average molecular weight is 653 g/mol. The predicted octanol–water partition coefficient (Wildman–Crippen LogP) is -1.40. The van der Waals surface area contributed by atoms with Crippen LogP contribution in [0.15, 0.2) is 0 Å². The first-order chi connectivity index (χ1) is 21.0. The summed E-state index contributed by atoms with van der Waals surface area (Å²) in [5.41, 5.74) is -1.11. The van der Waals surface area contributed by atoms with E-state index in [1.54, 1.807) is 0 Å². The second-order valence-electron chi connectivity index (χ2n) is 12.1. The van der Waals surface area contributed by atoms with Gasteiger partial charge in [0.05, 0.1) is 57.5 Å². The van der Waals surface area contributed by atoms with Crippen LogP contribution in [0.1, 0.15) is 53.4 Å². The standard InChI is InChI=1S/4C6H11NO2.C5H12O4/c4*1-5-4-7(5)3-2-6(8)9;6-1-5(2-7,3-8)4-9/h4*5H,2-4H2,1H3,(H,8,9);6-9H,1-4H2. The summed E-state index contributed by atoms with van der Waals surface area (Å²) in [4.78, 5) is 48.6. The highest BCUT2D eigenvalue weighted by molar-refractivity contribution is 5.67. The summed E-state index contributed by atoms with van der Waals surface area (Å²) in [6.45, 7) is 14.0. The maximum Gasteiger partial charge on any atom is 0.304 e. The van der Waals surface area contributed by atoms with Crippen LogP contribution in [-0.2, 0) is 19.2 Å². The van der Waals surface area contributed by atoms with Gasteiger partial charge in [0.15, 0.2) is 0 Å². The Morgan fingerprint density at radius 2 is 0.622 bits per heavy atom. The largest absolute Gasteiger partial charge is 0.481 e. The Labute approximate surface area is 265 Å². The molecule has 4 heterocycles. The molecule has 0 aromatic heterocycles. The minimum Gasteiger partial charge on any atom is -0.481 e. The van der Waals surface area contributed by atoms with Gasteiger partial charge in [-0.05, 0) is 27.7 Å². The van der Waals surface area contributed by atoms with Crippen molar-refractivity contribution in [3.63, 3.8) is 0 Å². The van der Waals surface area contributed by atoms with E-state index in [-0.39, 0.29) is 25.7 Å². The van der Waals surface area contributed by atoms with Crippen molar-refractivity contribution in [2.45, 2.75) is 77.5 Å². The molecule has 4 aliphatic rings. The van der Waals surface area contributed by atoms with Crippen molar-refractivity contribution >= 4 is 23.9 Å². The fourth-order valence-electron chi connectivity index (χ4n) is 3.67. The molecular weight excluding hydrogens is 596 g/mol. The SMILES string of the molecule is CC1CN1CCC(=O)O.CC1CN1CCC(=O)O.CC1CN1CCC(=O)O.CC1CN1CCC(=O)O.OCC(CO)(CO)CO. The monoisotopic (exact) mass is 652 g/mol. The summed E-state index contributed by atoms with van der Waals surface area (Å²) in [5.74, 6) is -2.80. The average Bonchev–Trinajstić information content (AvgIpc) is 3.86. The van der Waals surface area contributed by atoms with Gasteiger partial charge in [-0.2, -0.15) is 0 Å². The third-order valence-corrected chi connectivity index (χ3v) is 7.75. The van der Waals surface area contributed by atoms with Crippen LogP contribution in [0.3, 0.4) is 0 Å². The zero-order valence-electron chi connectivity index (χ0n) is 27.1. The van der Waals surface area contributed by atoms with Gasteiger partial charge in [-0.1, -0.05) is 0 Å². The summed E-state index contributed by atoms with van der Waals surface area (Å²) in [6.07, 6.45) is 1.13. The van der Waals surface area contributed by atoms with Crippen molar-refractivity contribution in [1.82, 2.24) is 19.6 Å². The third-order valence-electron chi connectivity index (χ3n) is 7.75. The highest BCUT2D eigenvalue weighted by Gasteiger charge is 2.30. The van der Waals surface area contributed by atoms with Crippen LogP contribution in [-0.4, -0.2) is 187 Å². The van der Waals surface area contributed by atoms with E-state index in [2.05, 4.69) is 47.3 Å². The quantitative estimate of drug-likeness (QED) is 0.0894. The number of aliphatic carboxylic acids is 4. The molecule has 264 valence electrons. The van der Waals surface area contributed by atoms with Crippen molar-refractivity contribution in [3.05, 3.63) is 0 Å². The Morgan fingerprint density at radius 1 is 0.467 bits per heavy atom. The number of hydrogen-bond donors (Lipinski definition) is 8. The number of rotatable bonds is 16. The Morgan fingerprint density at radius 3 is 0.689 bits per heavy atom. The minimum atomic E-state index is -1.11. The summed E-state index contributed by atoms with van der Waals surface area (Å²) < 4.78 is 0. The highest BCUT2D eigenvalue weighted by Crippen LogP contribution is 2.17. The van der Waals surface area contributed by atoms with Gasteiger partial charge in [-0.25, -0.2) is 0 Å². The lowest BCUT2D eigenvalue weighted by Crippen LogP contribution is -2.37. The number of nitrogens with zero attached hydrogens (tertiary/aromatic N) is 4. The van der Waals surface area contributed by atoms with Crippen LogP contribution in [0.5, 0.6) is 0 Å². The van der Waals surface area contributed by atoms with Crippen molar-refractivity contribution in [1.29, 1.82) is 0 Å². The highest BCUT2D eigenvalue weighted by atomic mass is 16.4. The molecule has 4 aliphatic heterocycles. The summed E-state index contributed by atoms with van der Waals surface area (Å²) in [7, 11) is 0. The first kappa shape index (κ1) is 42.6. The van der Waals surface area contributed by atoms with Crippen molar-refractivity contribution in [2.75, 3.05) is 78.8 Å². The molecule has 0 bridgehead atoms. The van der Waals surface area contributed by atoms with Gasteiger partial charge >= 0.3 is 23.9 Å². The minimum absolute atomic E-state index is 0.282. The number of aliphatic hydroxyl groups excluding tert-OH is 4. The van der Waals surface area contributed by atoms with E-state index in [4.69, 9.17) is 40.9 Å². The molecule has 0 aromatic carbocycles. The lowest BCUT2D eigenvalue weighted by atomic mass is 9.93. The molecule has 0 amide bonds. The van der Waals surface area contributed by atoms with Crippen LogP contribution in [0.25, 0.3) is 0 Å². The summed E-state index contributed by atoms with van der Waals surface area (Å²) >= 11 is 0. The van der Waals surface area contributed by atoms with Crippen LogP contribution < -0.4 is 0 Å². The topological polar surface area (TPSA) is 242 Å². The third kappa shape index (κ3) is 22.7. The lowest BCUT2D eigenvalue weighted by molar-refractivity contribution is -0.138. The molecule has 16 nitrogen and oxygen atoms in total. The van der Waals surface area contributed by atoms with Crippen LogP contribution in [0.4, 0.5) is 0 Å². The molecule has 0 radical (unpaired) electrons. The van der Waals surface area contributed by atoms with Crippen LogP contribution in [0, 0.1) is 5.41 Å². The maximum atomic E-state index is 10.0. The zero-order valence-corrected chi connectivity index (χ0v) is 27.1. The first-order valence-corrected chi connectivity index (χ1v) is 15.3. The molecule has 0 spiro atoms. The number of carboxylic acids is 4. The first-order valence-electron chi connectivity index (χ1n) is 15.3. The van der Waals surface area contributed by atoms with Gasteiger partial charge in [-0.3, -0.25) is 38.8 Å². The second-order valence-corrected chi connectivity index (χ2v) is 12.1. The Kier molecular flexibility index (Phi) is 20.9. The van der Waals surface area contributed by atoms with E-state index in [9.17, 15) is 19.2 Å². The van der Waals surface area contributed by atoms with Gasteiger partial charge < -0.3 is 40.9 Å². The molecule has 8 unspecified atom stereocenters. The van der Waals surface area contributed by atoms with Gasteiger partial charge in [0, 0.05) is 76.5 Å². The molecular formula is C29H56N4O12. The molecule has 45 heavy (non-hydrogen) atoms. The molecule has 8 atom stereocenters. The lowest BCUT2D eigenvalue weighted by Gasteiger charge is -2.23. The molecule has 4 saturated heterocycles. The van der Waals surface area contributed by atoms with Crippen LogP contribution in [0.2, 0.25) is 0 Å². The summed E-state index contributed by atoms with van der Waals surface area (Å²) in [6, 6.07) is 2.52. The van der Waals surface area contributed by atoms with E-state index in [0.29, 0.717) is 24.2 Å². The van der Waals surface area contributed by atoms with Crippen molar-refractivity contribution in [3.8, 4) is 0 Å². The number of carboxylic acid groups (broad SMARTS) is 4. The molecule has 4 fully saturated rings. The Bertz CT molecular complexity index is 754. The number of carbonyl (C=O) groups is 4. The van der Waals surface area contributed by atoms with Crippen molar-refractivity contribution in [2.24, 2.45) is 5.41 Å². The van der Waals surface area contributed by atoms with E-state index >= 15 is 0 Å². The second kappa shape index (κ2) is 22.1. The van der Waals surface area contributed by atoms with E-state index in [1.165, 1.54) is 0 Å². The Hall–Kier alpha value is -2.44. The van der Waals surface area contributed by atoms with Gasteiger partial charge in [0.25, 0.3) is 0 Å². The predicted molar refractivity (Wildman–Crippen MR) is 164 cm³/mol. The zero-order chi connectivity index (χ0) is 34.7. The van der Waals surface area contributed by atoms with Gasteiger partial charge in [0.2, 0.25) is 0 Å². The van der Waals surface area contributed by atoms with E-state index in [1.807, 2.05) is 0 Å². The molecule has 8 N–H and O–H groups in total. The van der Waals surface area contributed by atoms with E-state index in [0.717, 1.165) is 52.4 Å².